The number of para-hydroxylation sites is 1. The van der Waals surface area contributed by atoms with E-state index in [1.54, 1.807) is 11.1 Å². The van der Waals surface area contributed by atoms with Crippen LogP contribution in [0.4, 0.5) is 0 Å². The van der Waals surface area contributed by atoms with E-state index in [1.165, 1.54) is 110 Å². The number of allylic oxidation sites excluding steroid dienone is 2. The van der Waals surface area contributed by atoms with Gasteiger partial charge in [-0.25, -0.2) is 4.57 Å². The Morgan fingerprint density at radius 1 is 0.612 bits per heavy atom. The van der Waals surface area contributed by atoms with Crippen molar-refractivity contribution in [1.82, 2.24) is 4.57 Å². The van der Waals surface area contributed by atoms with Crippen molar-refractivity contribution in [2.75, 3.05) is 0 Å². The van der Waals surface area contributed by atoms with Crippen LogP contribution in [0.15, 0.2) is 128 Å². The molecular weight excluding hydrogens is 815 g/mol. The Balaban J connectivity index is 1.09. The van der Waals surface area contributed by atoms with E-state index in [2.05, 4.69) is 224 Å². The summed E-state index contributed by atoms with van der Waals surface area (Å²) in [6, 6.07) is 41.9. The second-order valence-corrected chi connectivity index (χ2v) is 22.8. The fourth-order valence-electron chi connectivity index (χ4n) is 14.1. The van der Waals surface area contributed by atoms with E-state index < -0.39 is 0 Å². The number of imidazole rings is 1. The molecule has 3 aliphatic carbocycles. The zero-order valence-electron chi connectivity index (χ0n) is 42.3. The van der Waals surface area contributed by atoms with Crippen molar-refractivity contribution < 1.29 is 13.9 Å². The fourth-order valence-corrected chi connectivity index (χ4v) is 14.1. The predicted molar refractivity (Wildman–Crippen MR) is 276 cm³/mol. The van der Waals surface area contributed by atoms with Crippen LogP contribution in [0.2, 0.25) is 0 Å². The topological polar surface area (TPSA) is 21.9 Å². The number of aryl methyl sites for hydroxylation is 3. The van der Waals surface area contributed by atoms with Crippen molar-refractivity contribution in [3.05, 3.63) is 172 Å². The minimum atomic E-state index is -0.388. The first-order chi connectivity index (χ1) is 31.9. The van der Waals surface area contributed by atoms with Gasteiger partial charge >= 0.3 is 0 Å². The normalized spacial score (nSPS) is 25.3. The molecule has 7 aromatic rings. The maximum Gasteiger partial charge on any atom is 0.295 e. The second kappa shape index (κ2) is 15.0. The van der Waals surface area contributed by atoms with Gasteiger partial charge in [-0.3, -0.25) is 0 Å². The highest BCUT2D eigenvalue weighted by molar-refractivity contribution is 5.83. The van der Waals surface area contributed by atoms with Gasteiger partial charge < -0.3 is 4.74 Å². The molecule has 67 heavy (non-hydrogen) atoms. The zero-order valence-corrected chi connectivity index (χ0v) is 42.3. The Hall–Kier alpha value is -5.58. The van der Waals surface area contributed by atoms with Gasteiger partial charge in [0.15, 0.2) is 22.8 Å². The second-order valence-electron chi connectivity index (χ2n) is 22.8. The van der Waals surface area contributed by atoms with Crippen molar-refractivity contribution in [3.8, 4) is 39.5 Å². The smallest absolute Gasteiger partial charge is 0.295 e. The summed E-state index contributed by atoms with van der Waals surface area (Å²) in [6.07, 6.45) is 15.3. The number of hydrogen-bond donors (Lipinski definition) is 0. The number of rotatable bonds is 8. The highest BCUT2D eigenvalue weighted by atomic mass is 16.5. The number of fused-ring (bicyclic) bond motifs is 7. The average molecular weight is 886 g/mol. The standard InChI is InChI=1S/C63H71N3O/c1-13-62(11)48-38-50-49(58(5,6)67-59(50,7)8)37-47(48)53-36-45(43-24-16-15-17-25-43)29-35-65(53)63(62,14-2)30-21-27-44-26-18-19-28-46(44)57-64(12)54-39-51-52(61(10)33-31-60(51,9)32-34-61)40-55(54)66(57)56-41(3)22-20-23-42(56)4/h15-26,28-30,35-40H,13-14,27,31-34H2,1-12H3/q+2. The molecule has 0 amide bonds. The van der Waals surface area contributed by atoms with E-state index in [0.29, 0.717) is 0 Å². The van der Waals surface area contributed by atoms with Crippen molar-refractivity contribution in [2.24, 2.45) is 7.05 Å². The number of nitrogens with zero attached hydrogens (tertiary/aromatic N) is 3. The largest absolute Gasteiger partial charge is 0.360 e. The summed E-state index contributed by atoms with van der Waals surface area (Å²) in [7, 11) is 2.31. The molecule has 0 N–H and O–H groups in total. The lowest BCUT2D eigenvalue weighted by Gasteiger charge is -2.51. The number of benzene rings is 5. The summed E-state index contributed by atoms with van der Waals surface area (Å²) in [5.74, 6) is 1.24. The molecule has 0 spiro atoms. The summed E-state index contributed by atoms with van der Waals surface area (Å²) in [4.78, 5) is 0. The maximum absolute atomic E-state index is 6.85. The molecule has 5 aliphatic rings. The van der Waals surface area contributed by atoms with Crippen molar-refractivity contribution >= 4 is 11.0 Å². The van der Waals surface area contributed by atoms with Crippen molar-refractivity contribution in [3.63, 3.8) is 0 Å². The Bertz CT molecular complexity index is 3170. The van der Waals surface area contributed by atoms with Crippen LogP contribution in [0.3, 0.4) is 0 Å². The van der Waals surface area contributed by atoms with Gasteiger partial charge in [0.1, 0.15) is 5.69 Å². The molecule has 4 heterocycles. The first-order valence-corrected chi connectivity index (χ1v) is 25.3. The van der Waals surface area contributed by atoms with E-state index in [9.17, 15) is 0 Å². The lowest BCUT2D eigenvalue weighted by Crippen LogP contribution is -2.68. The Kier molecular flexibility index (Phi) is 9.81. The molecule has 4 heteroatoms. The average Bonchev–Trinajstić information content (AvgIpc) is 3.70. The molecule has 2 bridgehead atoms. The van der Waals surface area contributed by atoms with Gasteiger partial charge in [-0.15, -0.1) is 0 Å². The molecular formula is C63H71N3O+2. The Morgan fingerprint density at radius 2 is 1.24 bits per heavy atom. The van der Waals surface area contributed by atoms with E-state index >= 15 is 0 Å². The predicted octanol–water partition coefficient (Wildman–Crippen LogP) is 14.5. The van der Waals surface area contributed by atoms with E-state index in [4.69, 9.17) is 4.74 Å². The summed E-state index contributed by atoms with van der Waals surface area (Å²) < 4.78 is 14.6. The molecule has 2 unspecified atom stereocenters. The third-order valence-electron chi connectivity index (χ3n) is 18.2. The molecule has 5 aromatic carbocycles. The third kappa shape index (κ3) is 6.20. The fraction of sp³-hybridized carbons (Fsp3) is 0.397. The molecule has 4 nitrogen and oxygen atoms in total. The van der Waals surface area contributed by atoms with Crippen LogP contribution in [0.25, 0.3) is 50.5 Å². The molecule has 2 aromatic heterocycles. The maximum atomic E-state index is 6.85. The van der Waals surface area contributed by atoms with Crippen molar-refractivity contribution in [2.45, 2.75) is 154 Å². The quantitative estimate of drug-likeness (QED) is 0.110. The van der Waals surface area contributed by atoms with Gasteiger partial charge in [0.2, 0.25) is 5.69 Å². The number of hydrogen-bond acceptors (Lipinski definition) is 1. The molecule has 12 rings (SSSR count). The number of ether oxygens (including phenoxy) is 1. The van der Waals surface area contributed by atoms with Crippen LogP contribution >= 0.6 is 0 Å². The van der Waals surface area contributed by atoms with Gasteiger partial charge in [0.05, 0.1) is 34.8 Å². The van der Waals surface area contributed by atoms with Crippen LogP contribution in [-0.4, -0.2) is 4.57 Å². The first kappa shape index (κ1) is 44.0. The van der Waals surface area contributed by atoms with Crippen LogP contribution in [0.1, 0.15) is 145 Å². The third-order valence-corrected chi connectivity index (χ3v) is 18.2. The summed E-state index contributed by atoms with van der Waals surface area (Å²) >= 11 is 0. The minimum absolute atomic E-state index is 0.218. The monoisotopic (exact) mass is 886 g/mol. The van der Waals surface area contributed by atoms with Crippen LogP contribution in [-0.2, 0) is 51.2 Å². The zero-order chi connectivity index (χ0) is 47.1. The minimum Gasteiger partial charge on any atom is -0.360 e. The molecule has 0 radical (unpaired) electrons. The van der Waals surface area contributed by atoms with E-state index in [-0.39, 0.29) is 33.0 Å². The molecule has 2 aliphatic heterocycles. The van der Waals surface area contributed by atoms with Crippen LogP contribution in [0, 0.1) is 13.8 Å². The van der Waals surface area contributed by atoms with Crippen LogP contribution in [0.5, 0.6) is 0 Å². The van der Waals surface area contributed by atoms with Crippen molar-refractivity contribution in [1.29, 1.82) is 0 Å². The molecule has 0 saturated heterocycles. The van der Waals surface area contributed by atoms with Gasteiger partial charge in [0, 0.05) is 18.6 Å². The van der Waals surface area contributed by atoms with E-state index in [0.717, 1.165) is 19.3 Å². The molecule has 342 valence electrons. The lowest BCUT2D eigenvalue weighted by atomic mass is 9.52. The Labute approximate surface area is 400 Å². The number of pyridine rings is 1. The summed E-state index contributed by atoms with van der Waals surface area (Å²) in [5.41, 5.74) is 20.5. The lowest BCUT2D eigenvalue weighted by molar-refractivity contribution is -0.756. The summed E-state index contributed by atoms with van der Waals surface area (Å²) in [6.45, 7) is 25.9. The molecule has 1 fully saturated rings. The highest BCUT2D eigenvalue weighted by Crippen LogP contribution is 2.58. The van der Waals surface area contributed by atoms with E-state index in [1.807, 2.05) is 0 Å². The molecule has 1 saturated carbocycles. The first-order valence-electron chi connectivity index (χ1n) is 25.3. The number of aromatic nitrogens is 3. The SMILES string of the molecule is CCC1(C)c2cc3c(cc2-c2cc(-c4ccccc4)cc[n+]2C1(C=CCc1ccccc1-c1n(-c2c(C)cccc2C)c2cc4c(cc2[n+]1C)C1(C)CCC4(C)CC1)CC)C(C)(C)OC3(C)C. The van der Waals surface area contributed by atoms with Gasteiger partial charge in [-0.2, -0.15) is 9.13 Å². The Morgan fingerprint density at radius 3 is 1.90 bits per heavy atom. The van der Waals surface area contributed by atoms with Gasteiger partial charge in [-0.05, 0) is 184 Å². The van der Waals surface area contributed by atoms with Gasteiger partial charge in [-0.1, -0.05) is 107 Å². The van der Waals surface area contributed by atoms with Gasteiger partial charge in [0.25, 0.3) is 5.82 Å². The molecule has 2 atom stereocenters. The van der Waals surface area contributed by atoms with Crippen LogP contribution < -0.4 is 9.13 Å². The summed E-state index contributed by atoms with van der Waals surface area (Å²) in [5, 5.41) is 0. The highest BCUT2D eigenvalue weighted by Gasteiger charge is 2.59.